The number of ether oxygens (including phenoxy) is 2. The summed E-state index contributed by atoms with van der Waals surface area (Å²) in [6.45, 7) is 2.36. The Morgan fingerprint density at radius 3 is 3.00 bits per heavy atom. The highest BCUT2D eigenvalue weighted by Gasteiger charge is 2.29. The number of rotatable bonds is 2. The van der Waals surface area contributed by atoms with Gasteiger partial charge in [0, 0.05) is 18.5 Å². The van der Waals surface area contributed by atoms with Gasteiger partial charge in [0.25, 0.3) is 5.91 Å². The molecule has 0 unspecified atom stereocenters. The second-order valence-electron chi connectivity index (χ2n) is 5.03. The lowest BCUT2D eigenvalue weighted by molar-refractivity contribution is 0.0961. The van der Waals surface area contributed by atoms with Crippen molar-refractivity contribution in [2.45, 2.75) is 13.0 Å². The van der Waals surface area contributed by atoms with Crippen LogP contribution in [0.1, 0.15) is 17.3 Å². The Morgan fingerprint density at radius 2 is 2.27 bits per heavy atom. The number of pyridine rings is 1. The van der Waals surface area contributed by atoms with Crippen molar-refractivity contribution in [3.63, 3.8) is 0 Å². The molecule has 0 spiro atoms. The summed E-state index contributed by atoms with van der Waals surface area (Å²) in [5, 5.41) is 0.330. The first-order valence-corrected chi connectivity index (χ1v) is 7.24. The predicted octanol–water partition coefficient (Wildman–Crippen LogP) is 3.17. The summed E-state index contributed by atoms with van der Waals surface area (Å²) in [5.41, 5.74) is 1.09. The van der Waals surface area contributed by atoms with Gasteiger partial charge in [0.05, 0.1) is 29.9 Å². The minimum Gasteiger partial charge on any atom is -0.497 e. The molecule has 0 aliphatic carbocycles. The highest BCUT2D eigenvalue weighted by atomic mass is 35.5. The van der Waals surface area contributed by atoms with Crippen LogP contribution in [-0.2, 0) is 0 Å². The molecule has 0 radical (unpaired) electrons. The molecule has 22 heavy (non-hydrogen) atoms. The first-order valence-electron chi connectivity index (χ1n) is 6.86. The molecule has 1 aliphatic rings. The Bertz CT molecular complexity index is 720. The fraction of sp³-hybridized carbons (Fsp3) is 0.250. The molecule has 1 aliphatic heterocycles. The van der Waals surface area contributed by atoms with Crippen LogP contribution in [0.5, 0.6) is 11.5 Å². The second-order valence-corrected chi connectivity index (χ2v) is 5.44. The number of benzene rings is 1. The van der Waals surface area contributed by atoms with Gasteiger partial charge in [0.1, 0.15) is 17.6 Å². The van der Waals surface area contributed by atoms with Gasteiger partial charge in [-0.15, -0.1) is 0 Å². The normalized spacial score (nSPS) is 16.7. The number of carbonyl (C=O) groups is 1. The number of methoxy groups -OCH3 is 1. The fourth-order valence-electron chi connectivity index (χ4n) is 2.43. The zero-order chi connectivity index (χ0) is 15.7. The Labute approximate surface area is 133 Å². The molecular weight excluding hydrogens is 304 g/mol. The van der Waals surface area contributed by atoms with Crippen LogP contribution in [-0.4, -0.2) is 30.6 Å². The highest BCUT2D eigenvalue weighted by molar-refractivity contribution is 6.34. The maximum absolute atomic E-state index is 12.8. The van der Waals surface area contributed by atoms with Crippen molar-refractivity contribution in [2.75, 3.05) is 18.6 Å². The van der Waals surface area contributed by atoms with E-state index in [1.807, 2.05) is 6.92 Å². The first kappa shape index (κ1) is 14.7. The van der Waals surface area contributed by atoms with Gasteiger partial charge in [-0.05, 0) is 25.1 Å². The summed E-state index contributed by atoms with van der Waals surface area (Å²) in [6, 6.07) is 7.01. The van der Waals surface area contributed by atoms with Crippen molar-refractivity contribution in [1.82, 2.24) is 4.98 Å². The van der Waals surface area contributed by atoms with Crippen LogP contribution >= 0.6 is 11.6 Å². The third kappa shape index (κ3) is 2.60. The summed E-state index contributed by atoms with van der Waals surface area (Å²) in [4.78, 5) is 18.4. The number of carbonyl (C=O) groups excluding carboxylic acids is 1. The van der Waals surface area contributed by atoms with Gasteiger partial charge in [-0.1, -0.05) is 11.6 Å². The molecule has 0 saturated heterocycles. The molecule has 0 fully saturated rings. The average Bonchev–Trinajstić information content (AvgIpc) is 2.53. The van der Waals surface area contributed by atoms with Gasteiger partial charge >= 0.3 is 0 Å². The Kier molecular flexibility index (Phi) is 3.90. The number of nitrogens with zero attached hydrogens (tertiary/aromatic N) is 2. The number of anilines is 1. The summed E-state index contributed by atoms with van der Waals surface area (Å²) in [5.74, 6) is 1.13. The van der Waals surface area contributed by atoms with E-state index in [2.05, 4.69) is 4.98 Å². The van der Waals surface area contributed by atoms with E-state index in [9.17, 15) is 4.79 Å². The van der Waals surface area contributed by atoms with Crippen molar-refractivity contribution in [3.05, 3.63) is 47.2 Å². The van der Waals surface area contributed by atoms with Crippen LogP contribution in [0.3, 0.4) is 0 Å². The predicted molar refractivity (Wildman–Crippen MR) is 84.0 cm³/mol. The van der Waals surface area contributed by atoms with Crippen LogP contribution in [0.25, 0.3) is 0 Å². The monoisotopic (exact) mass is 318 g/mol. The van der Waals surface area contributed by atoms with E-state index in [0.717, 1.165) is 0 Å². The largest absolute Gasteiger partial charge is 0.497 e. The van der Waals surface area contributed by atoms with Crippen LogP contribution in [0.15, 0.2) is 36.7 Å². The van der Waals surface area contributed by atoms with Gasteiger partial charge in [0.2, 0.25) is 0 Å². The van der Waals surface area contributed by atoms with Crippen LogP contribution in [0, 0.1) is 0 Å². The molecule has 5 nitrogen and oxygen atoms in total. The molecule has 0 N–H and O–H groups in total. The molecule has 1 amide bonds. The highest BCUT2D eigenvalue weighted by Crippen LogP contribution is 2.37. The third-order valence-electron chi connectivity index (χ3n) is 3.47. The van der Waals surface area contributed by atoms with Crippen molar-refractivity contribution < 1.29 is 14.3 Å². The summed E-state index contributed by atoms with van der Waals surface area (Å²) in [7, 11) is 1.58. The molecule has 3 rings (SSSR count). The van der Waals surface area contributed by atoms with E-state index < -0.39 is 0 Å². The number of halogens is 1. The summed E-state index contributed by atoms with van der Waals surface area (Å²) >= 11 is 6.09. The fourth-order valence-corrected chi connectivity index (χ4v) is 2.63. The van der Waals surface area contributed by atoms with Gasteiger partial charge in [-0.3, -0.25) is 9.78 Å². The van der Waals surface area contributed by atoms with Crippen LogP contribution in [0.2, 0.25) is 5.02 Å². The minimum absolute atomic E-state index is 0.106. The SMILES string of the molecule is COc1ccc2c(c1)N(C(=O)c1ccncc1Cl)C[C@@H](C)O2. The topological polar surface area (TPSA) is 51.7 Å². The Hall–Kier alpha value is -2.27. The zero-order valence-corrected chi connectivity index (χ0v) is 13.0. The van der Waals surface area contributed by atoms with E-state index in [4.69, 9.17) is 21.1 Å². The molecule has 1 aromatic carbocycles. The average molecular weight is 319 g/mol. The van der Waals surface area contributed by atoms with Gasteiger partial charge in [-0.25, -0.2) is 0 Å². The summed E-state index contributed by atoms with van der Waals surface area (Å²) in [6.07, 6.45) is 2.91. The lowest BCUT2D eigenvalue weighted by Crippen LogP contribution is -2.42. The van der Waals surface area contributed by atoms with Crippen LogP contribution < -0.4 is 14.4 Å². The number of hydrogen-bond donors (Lipinski definition) is 0. The molecule has 2 aromatic rings. The molecule has 1 aromatic heterocycles. The van der Waals surface area contributed by atoms with Crippen molar-refractivity contribution in [1.29, 1.82) is 0 Å². The molecule has 6 heteroatoms. The molecule has 0 saturated carbocycles. The van der Waals surface area contributed by atoms with Crippen molar-refractivity contribution >= 4 is 23.2 Å². The van der Waals surface area contributed by atoms with Gasteiger partial charge < -0.3 is 14.4 Å². The summed E-state index contributed by atoms with van der Waals surface area (Å²) < 4.78 is 11.0. The Morgan fingerprint density at radius 1 is 1.45 bits per heavy atom. The minimum atomic E-state index is -0.183. The number of aromatic nitrogens is 1. The van der Waals surface area contributed by atoms with Gasteiger partial charge in [-0.2, -0.15) is 0 Å². The zero-order valence-electron chi connectivity index (χ0n) is 12.2. The molecule has 1 atom stereocenters. The van der Waals surface area contributed by atoms with E-state index in [1.54, 1.807) is 42.5 Å². The molecule has 114 valence electrons. The second kappa shape index (κ2) is 5.85. The number of amides is 1. The number of hydrogen-bond acceptors (Lipinski definition) is 4. The number of fused-ring (bicyclic) bond motifs is 1. The van der Waals surface area contributed by atoms with Crippen molar-refractivity contribution in [2.24, 2.45) is 0 Å². The van der Waals surface area contributed by atoms with E-state index in [-0.39, 0.29) is 12.0 Å². The van der Waals surface area contributed by atoms with E-state index in [1.165, 1.54) is 6.20 Å². The van der Waals surface area contributed by atoms with E-state index >= 15 is 0 Å². The smallest absolute Gasteiger partial charge is 0.260 e. The molecule has 2 heterocycles. The lowest BCUT2D eigenvalue weighted by atomic mass is 10.1. The molecule has 0 bridgehead atoms. The molecular formula is C16H15ClN2O3. The first-order chi connectivity index (χ1) is 10.6. The van der Waals surface area contributed by atoms with Gasteiger partial charge in [0.15, 0.2) is 0 Å². The van der Waals surface area contributed by atoms with Crippen LogP contribution in [0.4, 0.5) is 5.69 Å². The maximum atomic E-state index is 12.8. The van der Waals surface area contributed by atoms with Crippen molar-refractivity contribution in [3.8, 4) is 11.5 Å². The Balaban J connectivity index is 2.04. The standard InChI is InChI=1S/C16H15ClN2O3/c1-10-9-19(16(20)12-5-6-18-8-13(12)17)14-7-11(21-2)3-4-15(14)22-10/h3-8,10H,9H2,1-2H3/t10-/m1/s1. The lowest BCUT2D eigenvalue weighted by Gasteiger charge is -2.33. The quantitative estimate of drug-likeness (QED) is 0.853. The third-order valence-corrected chi connectivity index (χ3v) is 3.77. The maximum Gasteiger partial charge on any atom is 0.260 e. The van der Waals surface area contributed by atoms with E-state index in [0.29, 0.717) is 34.3 Å².